The molecule has 2 rings (SSSR count). The minimum absolute atomic E-state index is 0.0996. The molecule has 0 saturated heterocycles. The smallest absolute Gasteiger partial charge is 0.303 e. The van der Waals surface area contributed by atoms with Gasteiger partial charge in [-0.05, 0) is 12.5 Å². The van der Waals surface area contributed by atoms with Crippen molar-refractivity contribution in [1.29, 1.82) is 0 Å². The minimum atomic E-state index is -0.808. The molecule has 1 aromatic heterocycles. The van der Waals surface area contributed by atoms with Crippen LogP contribution in [0.1, 0.15) is 17.0 Å². The first-order chi connectivity index (χ1) is 8.16. The average Bonchev–Trinajstić information content (AvgIpc) is 2.75. The molecule has 2 aromatic rings. The molecular weight excluding hydrogens is 236 g/mol. The third kappa shape index (κ3) is 2.88. The second kappa shape index (κ2) is 5.05. The maximum Gasteiger partial charge on any atom is 0.303 e. The van der Waals surface area contributed by atoms with Crippen LogP contribution in [0.3, 0.4) is 0 Å². The van der Waals surface area contributed by atoms with E-state index in [2.05, 4.69) is 10.2 Å². The number of carboxylic acid groups (broad SMARTS) is 1. The molecule has 0 saturated carbocycles. The normalized spacial score (nSPS) is 10.4. The van der Waals surface area contributed by atoms with Crippen molar-refractivity contribution < 1.29 is 9.90 Å². The molecule has 0 unspecified atom stereocenters. The quantitative estimate of drug-likeness (QED) is 0.903. The summed E-state index contributed by atoms with van der Waals surface area (Å²) in [5, 5.41) is 18.3. The lowest BCUT2D eigenvalue weighted by atomic mass is 10.1. The van der Waals surface area contributed by atoms with Crippen molar-refractivity contribution in [2.24, 2.45) is 0 Å². The van der Waals surface area contributed by atoms with Gasteiger partial charge in [-0.1, -0.05) is 35.6 Å². The summed E-state index contributed by atoms with van der Waals surface area (Å²) in [5.74, 6) is -0.808. The largest absolute Gasteiger partial charge is 0.481 e. The van der Waals surface area contributed by atoms with Crippen LogP contribution in [0.2, 0.25) is 0 Å². The number of rotatable bonds is 4. The first-order valence-corrected chi connectivity index (χ1v) is 6.08. The molecule has 17 heavy (non-hydrogen) atoms. The Morgan fingerprint density at radius 1 is 1.35 bits per heavy atom. The highest BCUT2D eigenvalue weighted by atomic mass is 32.1. The molecule has 0 bridgehead atoms. The molecule has 0 fully saturated rings. The Labute approximate surface area is 103 Å². The van der Waals surface area contributed by atoms with Gasteiger partial charge in [-0.25, -0.2) is 0 Å². The second-order valence-electron chi connectivity index (χ2n) is 3.71. The molecule has 88 valence electrons. The molecule has 1 N–H and O–H groups in total. The van der Waals surface area contributed by atoms with E-state index in [1.54, 1.807) is 0 Å². The lowest BCUT2D eigenvalue weighted by Gasteiger charge is -1.98. The monoisotopic (exact) mass is 248 g/mol. The van der Waals surface area contributed by atoms with E-state index in [1.807, 2.05) is 31.2 Å². The highest BCUT2D eigenvalue weighted by Crippen LogP contribution is 2.26. The van der Waals surface area contributed by atoms with Crippen molar-refractivity contribution in [1.82, 2.24) is 10.2 Å². The molecular formula is C12H12N2O2S. The zero-order valence-corrected chi connectivity index (χ0v) is 10.2. The summed E-state index contributed by atoms with van der Waals surface area (Å²) < 4.78 is 0. The van der Waals surface area contributed by atoms with Crippen molar-refractivity contribution in [2.75, 3.05) is 0 Å². The van der Waals surface area contributed by atoms with Crippen LogP contribution in [0.15, 0.2) is 24.3 Å². The molecule has 0 radical (unpaired) electrons. The summed E-state index contributed by atoms with van der Waals surface area (Å²) in [5.41, 5.74) is 2.21. The molecule has 0 aliphatic carbocycles. The van der Waals surface area contributed by atoms with Crippen LogP contribution in [0, 0.1) is 6.92 Å². The van der Waals surface area contributed by atoms with Gasteiger partial charge in [-0.2, -0.15) is 0 Å². The second-order valence-corrected chi connectivity index (χ2v) is 4.77. The molecule has 5 heteroatoms. The summed E-state index contributed by atoms with van der Waals surface area (Å²) in [6.07, 6.45) is 0.543. The van der Waals surface area contributed by atoms with Crippen molar-refractivity contribution in [2.45, 2.75) is 19.8 Å². The number of carbonyl (C=O) groups is 1. The SMILES string of the molecule is Cc1ccccc1-c1nnc(CCC(=O)O)s1. The predicted octanol–water partition coefficient (Wildman–Crippen LogP) is 2.53. The topological polar surface area (TPSA) is 63.1 Å². The number of carboxylic acids is 1. The lowest BCUT2D eigenvalue weighted by Crippen LogP contribution is -1.96. The molecule has 0 aliphatic heterocycles. The zero-order chi connectivity index (χ0) is 12.3. The van der Waals surface area contributed by atoms with Gasteiger partial charge < -0.3 is 5.11 Å². The van der Waals surface area contributed by atoms with Crippen molar-refractivity contribution >= 4 is 17.3 Å². The van der Waals surface area contributed by atoms with E-state index in [4.69, 9.17) is 5.11 Å². The van der Waals surface area contributed by atoms with Gasteiger partial charge in [0.05, 0.1) is 6.42 Å². The van der Waals surface area contributed by atoms with Gasteiger partial charge in [0.2, 0.25) is 0 Å². The molecule has 4 nitrogen and oxygen atoms in total. The first-order valence-electron chi connectivity index (χ1n) is 5.27. The number of nitrogens with zero attached hydrogens (tertiary/aromatic N) is 2. The van der Waals surface area contributed by atoms with Crippen LogP contribution < -0.4 is 0 Å². The molecule has 0 amide bonds. The highest BCUT2D eigenvalue weighted by molar-refractivity contribution is 7.14. The summed E-state index contributed by atoms with van der Waals surface area (Å²) in [7, 11) is 0. The van der Waals surface area contributed by atoms with Crippen LogP contribution in [0.5, 0.6) is 0 Å². The number of aryl methyl sites for hydroxylation is 2. The number of aliphatic carboxylic acids is 1. The van der Waals surface area contributed by atoms with E-state index < -0.39 is 5.97 Å². The van der Waals surface area contributed by atoms with Crippen molar-refractivity contribution in [3.63, 3.8) is 0 Å². The summed E-state index contributed by atoms with van der Waals surface area (Å²) in [6, 6.07) is 7.95. The average molecular weight is 248 g/mol. The fourth-order valence-electron chi connectivity index (χ4n) is 1.49. The number of aromatic nitrogens is 2. The number of hydrogen-bond acceptors (Lipinski definition) is 4. The number of hydrogen-bond donors (Lipinski definition) is 1. The van der Waals surface area contributed by atoms with Crippen molar-refractivity contribution in [3.05, 3.63) is 34.8 Å². The van der Waals surface area contributed by atoms with E-state index in [9.17, 15) is 4.79 Å². The minimum Gasteiger partial charge on any atom is -0.481 e. The Morgan fingerprint density at radius 2 is 2.12 bits per heavy atom. The van der Waals surface area contributed by atoms with Crippen molar-refractivity contribution in [3.8, 4) is 10.6 Å². The van der Waals surface area contributed by atoms with E-state index in [1.165, 1.54) is 11.3 Å². The first kappa shape index (κ1) is 11.7. The van der Waals surface area contributed by atoms with E-state index in [0.717, 1.165) is 21.1 Å². The van der Waals surface area contributed by atoms with Gasteiger partial charge in [0.1, 0.15) is 10.0 Å². The molecule has 0 spiro atoms. The fraction of sp³-hybridized carbons (Fsp3) is 0.250. The van der Waals surface area contributed by atoms with Gasteiger partial charge in [0, 0.05) is 12.0 Å². The Hall–Kier alpha value is -1.75. The predicted molar refractivity (Wildman–Crippen MR) is 66.0 cm³/mol. The molecule has 0 aliphatic rings. The Kier molecular flexibility index (Phi) is 3.49. The Morgan fingerprint density at radius 3 is 2.82 bits per heavy atom. The van der Waals surface area contributed by atoms with Crippen LogP contribution in [-0.2, 0) is 11.2 Å². The highest BCUT2D eigenvalue weighted by Gasteiger charge is 2.09. The summed E-state index contributed by atoms with van der Waals surface area (Å²) in [4.78, 5) is 10.5. The summed E-state index contributed by atoms with van der Waals surface area (Å²) in [6.45, 7) is 2.02. The maximum atomic E-state index is 10.5. The Balaban J connectivity index is 2.18. The third-order valence-electron chi connectivity index (χ3n) is 2.40. The number of benzene rings is 1. The van der Waals surface area contributed by atoms with Gasteiger partial charge in [0.25, 0.3) is 0 Å². The van der Waals surface area contributed by atoms with Crippen LogP contribution in [0.4, 0.5) is 0 Å². The van der Waals surface area contributed by atoms with Gasteiger partial charge in [-0.15, -0.1) is 10.2 Å². The van der Waals surface area contributed by atoms with Crippen LogP contribution >= 0.6 is 11.3 Å². The van der Waals surface area contributed by atoms with E-state index in [-0.39, 0.29) is 6.42 Å². The standard InChI is InChI=1S/C12H12N2O2S/c1-8-4-2-3-5-9(8)12-14-13-10(17-12)6-7-11(15)16/h2-5H,6-7H2,1H3,(H,15,16). The van der Waals surface area contributed by atoms with Gasteiger partial charge in [-0.3, -0.25) is 4.79 Å². The summed E-state index contributed by atoms with van der Waals surface area (Å²) >= 11 is 1.46. The van der Waals surface area contributed by atoms with Crippen LogP contribution in [0.25, 0.3) is 10.6 Å². The zero-order valence-electron chi connectivity index (χ0n) is 9.38. The fourth-order valence-corrected chi connectivity index (χ4v) is 2.42. The maximum absolute atomic E-state index is 10.5. The molecule has 1 aromatic carbocycles. The van der Waals surface area contributed by atoms with Gasteiger partial charge in [0.15, 0.2) is 0 Å². The molecule has 1 heterocycles. The Bertz CT molecular complexity index is 537. The van der Waals surface area contributed by atoms with Gasteiger partial charge >= 0.3 is 5.97 Å². The lowest BCUT2D eigenvalue weighted by molar-refractivity contribution is -0.136. The molecule has 0 atom stereocenters. The van der Waals surface area contributed by atoms with E-state index >= 15 is 0 Å². The van der Waals surface area contributed by atoms with E-state index in [0.29, 0.717) is 6.42 Å². The van der Waals surface area contributed by atoms with Crippen LogP contribution in [-0.4, -0.2) is 21.3 Å². The third-order valence-corrected chi connectivity index (χ3v) is 3.41.